The maximum absolute atomic E-state index is 12.2. The van der Waals surface area contributed by atoms with Crippen molar-refractivity contribution in [3.63, 3.8) is 0 Å². The summed E-state index contributed by atoms with van der Waals surface area (Å²) in [5.74, 6) is 0.530. The summed E-state index contributed by atoms with van der Waals surface area (Å²) < 4.78 is 0. The first-order valence-electron chi connectivity index (χ1n) is 6.40. The fourth-order valence-electron chi connectivity index (χ4n) is 3.06. The van der Waals surface area contributed by atoms with E-state index in [9.17, 15) is 4.79 Å². The summed E-state index contributed by atoms with van der Waals surface area (Å²) in [7, 11) is 0. The zero-order chi connectivity index (χ0) is 12.7. The summed E-state index contributed by atoms with van der Waals surface area (Å²) in [6.07, 6.45) is 5.18. The number of fused-ring (bicyclic) bond motifs is 3. The Bertz CT molecular complexity index is 544. The molecule has 0 fully saturated rings. The molecule has 0 saturated carbocycles. The zero-order valence-corrected chi connectivity index (χ0v) is 10.5. The molecule has 0 bridgehead atoms. The smallest absolute Gasteiger partial charge is 0.163 e. The van der Waals surface area contributed by atoms with E-state index in [0.29, 0.717) is 11.5 Å². The van der Waals surface area contributed by atoms with Crippen molar-refractivity contribution >= 4 is 11.5 Å². The molecule has 92 valence electrons. The standard InChI is InChI=1S/C16H17NO/c1-10(2)16(18)13-8-5-7-12-11-6-3-4-9-14(11)17-15(12)13/h3-7,9,12-13,15,17H,1,8H2,2H3. The number of nitrogens with one attached hydrogen (secondary N) is 1. The predicted molar refractivity (Wildman–Crippen MR) is 73.7 cm³/mol. The van der Waals surface area contributed by atoms with E-state index in [1.165, 1.54) is 11.3 Å². The first kappa shape index (κ1) is 11.3. The summed E-state index contributed by atoms with van der Waals surface area (Å²) >= 11 is 0. The van der Waals surface area contributed by atoms with Crippen LogP contribution in [-0.2, 0) is 4.79 Å². The molecule has 3 atom stereocenters. The molecule has 2 aliphatic rings. The molecule has 0 aromatic heterocycles. The van der Waals surface area contributed by atoms with Crippen LogP contribution in [0.4, 0.5) is 5.69 Å². The van der Waals surface area contributed by atoms with Crippen LogP contribution in [0.15, 0.2) is 48.6 Å². The van der Waals surface area contributed by atoms with Crippen molar-refractivity contribution in [2.75, 3.05) is 5.32 Å². The van der Waals surface area contributed by atoms with Crippen LogP contribution in [0.3, 0.4) is 0 Å². The van der Waals surface area contributed by atoms with E-state index in [4.69, 9.17) is 0 Å². The molecule has 2 nitrogen and oxygen atoms in total. The van der Waals surface area contributed by atoms with Gasteiger partial charge in [-0.3, -0.25) is 4.79 Å². The average Bonchev–Trinajstić information content (AvgIpc) is 2.76. The fourth-order valence-corrected chi connectivity index (χ4v) is 3.06. The van der Waals surface area contributed by atoms with Gasteiger partial charge in [0.2, 0.25) is 0 Å². The van der Waals surface area contributed by atoms with Gasteiger partial charge in [0, 0.05) is 23.6 Å². The Morgan fingerprint density at radius 3 is 2.94 bits per heavy atom. The van der Waals surface area contributed by atoms with Crippen molar-refractivity contribution in [1.82, 2.24) is 0 Å². The third kappa shape index (κ3) is 1.60. The number of benzene rings is 1. The number of hydrogen-bond acceptors (Lipinski definition) is 2. The van der Waals surface area contributed by atoms with Gasteiger partial charge in [0.05, 0.1) is 0 Å². The summed E-state index contributed by atoms with van der Waals surface area (Å²) in [6.45, 7) is 5.60. The summed E-state index contributed by atoms with van der Waals surface area (Å²) in [5.41, 5.74) is 3.13. The van der Waals surface area contributed by atoms with Crippen LogP contribution in [0, 0.1) is 5.92 Å². The van der Waals surface area contributed by atoms with Crippen molar-refractivity contribution < 1.29 is 4.79 Å². The number of carbonyl (C=O) groups excluding carboxylic acids is 1. The normalized spacial score (nSPS) is 28.2. The van der Waals surface area contributed by atoms with Gasteiger partial charge in [-0.1, -0.05) is 36.9 Å². The molecule has 1 aromatic rings. The van der Waals surface area contributed by atoms with E-state index >= 15 is 0 Å². The van der Waals surface area contributed by atoms with Crippen molar-refractivity contribution in [3.8, 4) is 0 Å². The van der Waals surface area contributed by atoms with Gasteiger partial charge >= 0.3 is 0 Å². The average molecular weight is 239 g/mol. The minimum Gasteiger partial charge on any atom is -0.380 e. The lowest BCUT2D eigenvalue weighted by Gasteiger charge is -2.29. The second kappa shape index (κ2) is 4.13. The number of carbonyl (C=O) groups is 1. The first-order valence-corrected chi connectivity index (χ1v) is 6.40. The van der Waals surface area contributed by atoms with Gasteiger partial charge in [-0.25, -0.2) is 0 Å². The zero-order valence-electron chi connectivity index (χ0n) is 10.5. The minimum absolute atomic E-state index is 0.0184. The van der Waals surface area contributed by atoms with E-state index in [-0.39, 0.29) is 17.7 Å². The van der Waals surface area contributed by atoms with E-state index in [0.717, 1.165) is 6.42 Å². The van der Waals surface area contributed by atoms with E-state index in [1.54, 1.807) is 6.92 Å². The number of anilines is 1. The van der Waals surface area contributed by atoms with Crippen LogP contribution in [0.25, 0.3) is 0 Å². The summed E-state index contributed by atoms with van der Waals surface area (Å²) in [5, 5.41) is 3.51. The van der Waals surface area contributed by atoms with Gasteiger partial charge in [0.1, 0.15) is 0 Å². The second-order valence-corrected chi connectivity index (χ2v) is 5.20. The molecule has 1 heterocycles. The van der Waals surface area contributed by atoms with Crippen LogP contribution >= 0.6 is 0 Å². The maximum Gasteiger partial charge on any atom is 0.163 e. The third-order valence-corrected chi connectivity index (χ3v) is 3.95. The molecule has 0 spiro atoms. The quantitative estimate of drug-likeness (QED) is 0.634. The Balaban J connectivity index is 1.96. The third-order valence-electron chi connectivity index (χ3n) is 3.95. The molecular formula is C16H17NO. The van der Waals surface area contributed by atoms with Gasteiger partial charge in [-0.2, -0.15) is 0 Å². The topological polar surface area (TPSA) is 29.1 Å². The molecule has 1 aromatic carbocycles. The van der Waals surface area contributed by atoms with Crippen LogP contribution in [0.1, 0.15) is 24.8 Å². The lowest BCUT2D eigenvalue weighted by Crippen LogP contribution is -2.37. The van der Waals surface area contributed by atoms with E-state index in [1.807, 2.05) is 6.07 Å². The lowest BCUT2D eigenvalue weighted by atomic mass is 9.77. The molecule has 1 N–H and O–H groups in total. The number of Topliss-reactive ketones (excluding diaryl/α,β-unsaturated/α-hetero) is 1. The van der Waals surface area contributed by atoms with Crippen molar-refractivity contribution in [2.24, 2.45) is 5.92 Å². The van der Waals surface area contributed by atoms with Crippen molar-refractivity contribution in [3.05, 3.63) is 54.1 Å². The van der Waals surface area contributed by atoms with Gasteiger partial charge in [-0.15, -0.1) is 0 Å². The van der Waals surface area contributed by atoms with Gasteiger partial charge < -0.3 is 5.32 Å². The maximum atomic E-state index is 12.2. The predicted octanol–water partition coefficient (Wildman–Crippen LogP) is 3.29. The van der Waals surface area contributed by atoms with Gasteiger partial charge in [0.15, 0.2) is 5.78 Å². The highest BCUT2D eigenvalue weighted by Gasteiger charge is 2.40. The van der Waals surface area contributed by atoms with Crippen LogP contribution in [0.5, 0.6) is 0 Å². The Morgan fingerprint density at radius 1 is 1.39 bits per heavy atom. The molecule has 0 radical (unpaired) electrons. The van der Waals surface area contributed by atoms with Crippen molar-refractivity contribution in [1.29, 1.82) is 0 Å². The molecule has 0 saturated heterocycles. The number of hydrogen-bond donors (Lipinski definition) is 1. The minimum atomic E-state index is 0.0184. The Kier molecular flexibility index (Phi) is 2.58. The molecule has 2 heteroatoms. The highest BCUT2D eigenvalue weighted by molar-refractivity contribution is 5.97. The monoisotopic (exact) mass is 239 g/mol. The van der Waals surface area contributed by atoms with E-state index in [2.05, 4.69) is 42.2 Å². The Labute approximate surface area is 107 Å². The SMILES string of the molecule is C=C(C)C(=O)C1CC=CC2c3ccccc3NC12. The van der Waals surface area contributed by atoms with Crippen LogP contribution < -0.4 is 5.32 Å². The van der Waals surface area contributed by atoms with Crippen LogP contribution in [-0.4, -0.2) is 11.8 Å². The van der Waals surface area contributed by atoms with Crippen LogP contribution in [0.2, 0.25) is 0 Å². The largest absolute Gasteiger partial charge is 0.380 e. The number of ketones is 1. The van der Waals surface area contributed by atoms with Gasteiger partial charge in [-0.05, 0) is 30.5 Å². The first-order chi connectivity index (χ1) is 8.68. The number of para-hydroxylation sites is 1. The fraction of sp³-hybridized carbons (Fsp3) is 0.312. The lowest BCUT2D eigenvalue weighted by molar-refractivity contribution is -0.119. The highest BCUT2D eigenvalue weighted by atomic mass is 16.1. The molecule has 0 amide bonds. The Morgan fingerprint density at radius 2 is 2.17 bits per heavy atom. The second-order valence-electron chi connectivity index (χ2n) is 5.20. The van der Waals surface area contributed by atoms with Gasteiger partial charge in [0.25, 0.3) is 0 Å². The molecular weight excluding hydrogens is 222 g/mol. The molecule has 3 unspecified atom stereocenters. The summed E-state index contributed by atoms with van der Waals surface area (Å²) in [4.78, 5) is 12.2. The molecule has 3 rings (SSSR count). The summed E-state index contributed by atoms with van der Waals surface area (Å²) in [6, 6.07) is 8.51. The van der Waals surface area contributed by atoms with Crippen molar-refractivity contribution in [2.45, 2.75) is 25.3 Å². The Hall–Kier alpha value is -1.83. The molecule has 1 aliphatic carbocycles. The molecule has 18 heavy (non-hydrogen) atoms. The van der Waals surface area contributed by atoms with E-state index < -0.39 is 0 Å². The number of allylic oxidation sites excluding steroid dienone is 2. The molecule has 1 aliphatic heterocycles. The highest BCUT2D eigenvalue weighted by Crippen LogP contribution is 2.43. The number of rotatable bonds is 2.